The third kappa shape index (κ3) is 1.54. The molecule has 74 valence electrons. The van der Waals surface area contributed by atoms with E-state index in [1.807, 2.05) is 27.7 Å². The van der Waals surface area contributed by atoms with Gasteiger partial charge >= 0.3 is 5.69 Å². The number of nitrogens with one attached hydrogen (secondary N) is 1. The Kier molecular flexibility index (Phi) is 2.34. The van der Waals surface area contributed by atoms with Crippen LogP contribution in [0, 0.1) is 13.8 Å². The number of aromatic amines is 1. The third-order valence-corrected chi connectivity index (χ3v) is 2.48. The Morgan fingerprint density at radius 1 is 1.46 bits per heavy atom. The number of aromatic nitrogens is 2. The molecule has 0 atom stereocenters. The molecular weight excluding hydrogens is 166 g/mol. The number of hydrogen-bond donors (Lipinski definition) is 2. The maximum atomic E-state index is 11.5. The van der Waals surface area contributed by atoms with Crippen molar-refractivity contribution in [3.63, 3.8) is 0 Å². The van der Waals surface area contributed by atoms with Gasteiger partial charge in [0.05, 0.1) is 5.54 Å². The Balaban J connectivity index is 3.37. The molecule has 1 heterocycles. The fourth-order valence-electron chi connectivity index (χ4n) is 1.45. The van der Waals surface area contributed by atoms with Crippen molar-refractivity contribution >= 4 is 0 Å². The zero-order valence-corrected chi connectivity index (χ0v) is 8.64. The number of aryl methyl sites for hydroxylation is 1. The highest BCUT2D eigenvalue weighted by Gasteiger charge is 2.23. The van der Waals surface area contributed by atoms with Gasteiger partial charge in [-0.25, -0.2) is 4.79 Å². The van der Waals surface area contributed by atoms with E-state index in [4.69, 9.17) is 5.73 Å². The molecule has 0 saturated heterocycles. The molecule has 0 spiro atoms. The summed E-state index contributed by atoms with van der Waals surface area (Å²) in [6, 6.07) is 0. The molecule has 0 aliphatic rings. The third-order valence-electron chi connectivity index (χ3n) is 2.48. The lowest BCUT2D eigenvalue weighted by atomic mass is 10.1. The summed E-state index contributed by atoms with van der Waals surface area (Å²) in [6.07, 6.45) is 0. The highest BCUT2D eigenvalue weighted by atomic mass is 16.1. The van der Waals surface area contributed by atoms with Gasteiger partial charge in [-0.2, -0.15) is 0 Å². The summed E-state index contributed by atoms with van der Waals surface area (Å²) in [7, 11) is 0. The quantitative estimate of drug-likeness (QED) is 0.700. The van der Waals surface area contributed by atoms with Gasteiger partial charge in [0.2, 0.25) is 0 Å². The smallest absolute Gasteiger partial charge is 0.326 e. The van der Waals surface area contributed by atoms with Crippen LogP contribution in [0.25, 0.3) is 0 Å². The first-order valence-electron chi connectivity index (χ1n) is 4.39. The van der Waals surface area contributed by atoms with Crippen molar-refractivity contribution in [3.05, 3.63) is 21.9 Å². The van der Waals surface area contributed by atoms with E-state index in [0.29, 0.717) is 6.54 Å². The largest absolute Gasteiger partial charge is 0.328 e. The second kappa shape index (κ2) is 3.03. The van der Waals surface area contributed by atoms with Crippen LogP contribution in [-0.2, 0) is 5.54 Å². The Morgan fingerprint density at radius 3 is 2.31 bits per heavy atom. The summed E-state index contributed by atoms with van der Waals surface area (Å²) in [5, 5.41) is 0. The van der Waals surface area contributed by atoms with Crippen LogP contribution in [0.4, 0.5) is 0 Å². The summed E-state index contributed by atoms with van der Waals surface area (Å²) in [4.78, 5) is 14.3. The van der Waals surface area contributed by atoms with E-state index in [1.165, 1.54) is 0 Å². The summed E-state index contributed by atoms with van der Waals surface area (Å²) >= 11 is 0. The standard InChI is InChI=1S/C9H17N3O/c1-6-7(2)12(8(13)11-6)9(3,4)5-10/h5,10H2,1-4H3,(H,11,13). The maximum absolute atomic E-state index is 11.5. The first kappa shape index (κ1) is 10.1. The Labute approximate surface area is 77.8 Å². The predicted octanol–water partition coefficient (Wildman–Crippen LogP) is 0.487. The topological polar surface area (TPSA) is 63.8 Å². The molecular formula is C9H17N3O. The Morgan fingerprint density at radius 2 is 2.00 bits per heavy atom. The summed E-state index contributed by atoms with van der Waals surface area (Å²) < 4.78 is 1.71. The first-order chi connectivity index (χ1) is 5.90. The van der Waals surface area contributed by atoms with E-state index in [-0.39, 0.29) is 11.2 Å². The number of hydrogen-bond acceptors (Lipinski definition) is 2. The van der Waals surface area contributed by atoms with Crippen LogP contribution in [0.5, 0.6) is 0 Å². The molecule has 1 aromatic rings. The number of H-pyrrole nitrogens is 1. The predicted molar refractivity (Wildman–Crippen MR) is 52.9 cm³/mol. The van der Waals surface area contributed by atoms with Gasteiger partial charge in [0.15, 0.2) is 0 Å². The van der Waals surface area contributed by atoms with E-state index < -0.39 is 0 Å². The molecule has 0 aliphatic heterocycles. The minimum Gasteiger partial charge on any atom is -0.328 e. The molecule has 0 aliphatic carbocycles. The number of nitrogens with zero attached hydrogens (tertiary/aromatic N) is 1. The van der Waals surface area contributed by atoms with Gasteiger partial charge in [0.1, 0.15) is 0 Å². The number of rotatable bonds is 2. The number of imidazole rings is 1. The van der Waals surface area contributed by atoms with E-state index in [0.717, 1.165) is 11.4 Å². The molecule has 1 aromatic heterocycles. The molecule has 0 saturated carbocycles. The highest BCUT2D eigenvalue weighted by Crippen LogP contribution is 2.14. The van der Waals surface area contributed by atoms with Crippen LogP contribution in [0.15, 0.2) is 4.79 Å². The van der Waals surface area contributed by atoms with Crippen LogP contribution >= 0.6 is 0 Å². The fourth-order valence-corrected chi connectivity index (χ4v) is 1.45. The maximum Gasteiger partial charge on any atom is 0.326 e. The second-order valence-electron chi connectivity index (χ2n) is 3.99. The zero-order valence-electron chi connectivity index (χ0n) is 8.64. The second-order valence-corrected chi connectivity index (χ2v) is 3.99. The molecule has 3 N–H and O–H groups in total. The average molecular weight is 183 g/mol. The normalized spacial score (nSPS) is 12.1. The molecule has 13 heavy (non-hydrogen) atoms. The monoisotopic (exact) mass is 183 g/mol. The lowest BCUT2D eigenvalue weighted by Crippen LogP contribution is -2.41. The molecule has 4 nitrogen and oxygen atoms in total. The van der Waals surface area contributed by atoms with Crippen LogP contribution in [-0.4, -0.2) is 16.1 Å². The average Bonchev–Trinajstić information content (AvgIpc) is 2.27. The van der Waals surface area contributed by atoms with Crippen molar-refractivity contribution in [2.45, 2.75) is 33.2 Å². The van der Waals surface area contributed by atoms with Crippen molar-refractivity contribution in [1.29, 1.82) is 0 Å². The van der Waals surface area contributed by atoms with Gasteiger partial charge in [-0.3, -0.25) is 4.57 Å². The molecule has 0 radical (unpaired) electrons. The van der Waals surface area contributed by atoms with Crippen molar-refractivity contribution in [2.24, 2.45) is 5.73 Å². The first-order valence-corrected chi connectivity index (χ1v) is 4.39. The number of nitrogens with two attached hydrogens (primary N) is 1. The molecule has 0 bridgehead atoms. The van der Waals surface area contributed by atoms with Gasteiger partial charge < -0.3 is 10.7 Å². The summed E-state index contributed by atoms with van der Waals surface area (Å²) in [5.41, 5.74) is 7.09. The van der Waals surface area contributed by atoms with Gasteiger partial charge in [0, 0.05) is 17.9 Å². The van der Waals surface area contributed by atoms with E-state index in [2.05, 4.69) is 4.98 Å². The lowest BCUT2D eigenvalue weighted by Gasteiger charge is -2.25. The Hall–Kier alpha value is -1.03. The van der Waals surface area contributed by atoms with E-state index >= 15 is 0 Å². The van der Waals surface area contributed by atoms with E-state index in [1.54, 1.807) is 4.57 Å². The van der Waals surface area contributed by atoms with Crippen molar-refractivity contribution in [2.75, 3.05) is 6.54 Å². The van der Waals surface area contributed by atoms with Gasteiger partial charge in [-0.05, 0) is 27.7 Å². The summed E-state index contributed by atoms with van der Waals surface area (Å²) in [5.74, 6) is 0. The van der Waals surface area contributed by atoms with Gasteiger partial charge in [-0.15, -0.1) is 0 Å². The van der Waals surface area contributed by atoms with Crippen LogP contribution in [0.1, 0.15) is 25.2 Å². The van der Waals surface area contributed by atoms with Gasteiger partial charge in [0.25, 0.3) is 0 Å². The molecule has 0 aromatic carbocycles. The molecule has 0 unspecified atom stereocenters. The molecule has 0 amide bonds. The van der Waals surface area contributed by atoms with Crippen LogP contribution in [0.3, 0.4) is 0 Å². The minimum atomic E-state index is -0.314. The molecule has 0 fully saturated rings. The van der Waals surface area contributed by atoms with Crippen molar-refractivity contribution in [3.8, 4) is 0 Å². The lowest BCUT2D eigenvalue weighted by molar-refractivity contribution is 0.350. The fraction of sp³-hybridized carbons (Fsp3) is 0.667. The van der Waals surface area contributed by atoms with Crippen molar-refractivity contribution < 1.29 is 0 Å². The minimum absolute atomic E-state index is 0.0783. The van der Waals surface area contributed by atoms with E-state index in [9.17, 15) is 4.79 Å². The highest BCUT2D eigenvalue weighted by molar-refractivity contribution is 5.11. The SMILES string of the molecule is Cc1[nH]c(=O)n(C(C)(C)CN)c1C. The molecule has 4 heteroatoms. The molecule has 1 rings (SSSR count). The Bertz CT molecular complexity index is 359. The zero-order chi connectivity index (χ0) is 10.2. The van der Waals surface area contributed by atoms with Crippen LogP contribution in [0.2, 0.25) is 0 Å². The van der Waals surface area contributed by atoms with Gasteiger partial charge in [-0.1, -0.05) is 0 Å². The van der Waals surface area contributed by atoms with Crippen LogP contribution < -0.4 is 11.4 Å². The van der Waals surface area contributed by atoms with Crippen molar-refractivity contribution in [1.82, 2.24) is 9.55 Å². The summed E-state index contributed by atoms with van der Waals surface area (Å²) in [6.45, 7) is 8.17.